The van der Waals surface area contributed by atoms with Gasteiger partial charge in [0.25, 0.3) is 0 Å². The van der Waals surface area contributed by atoms with Crippen molar-refractivity contribution in [2.45, 2.75) is 58.8 Å². The van der Waals surface area contributed by atoms with Crippen LogP contribution < -0.4 is 10.6 Å². The molecular formula is C26H32N4O5. The Morgan fingerprint density at radius 3 is 2.37 bits per heavy atom. The molecule has 0 spiro atoms. The van der Waals surface area contributed by atoms with Crippen LogP contribution in [0.25, 0.3) is 0 Å². The van der Waals surface area contributed by atoms with Crippen molar-refractivity contribution in [1.82, 2.24) is 15.5 Å². The molecule has 3 N–H and O–H groups in total. The van der Waals surface area contributed by atoms with Crippen molar-refractivity contribution < 1.29 is 24.2 Å². The lowest BCUT2D eigenvalue weighted by atomic mass is 10.0. The van der Waals surface area contributed by atoms with Crippen LogP contribution >= 0.6 is 0 Å². The summed E-state index contributed by atoms with van der Waals surface area (Å²) in [6.07, 6.45) is -0.791. The highest BCUT2D eigenvalue weighted by Crippen LogP contribution is 2.27. The second kappa shape index (κ2) is 11.9. The van der Waals surface area contributed by atoms with Crippen LogP contribution in [0.3, 0.4) is 0 Å². The fraction of sp³-hybridized carbons (Fsp3) is 0.385. The summed E-state index contributed by atoms with van der Waals surface area (Å²) in [4.78, 5) is 40.0. The lowest BCUT2D eigenvalue weighted by Gasteiger charge is -2.32. The Labute approximate surface area is 205 Å². The molecule has 2 aromatic rings. The van der Waals surface area contributed by atoms with Crippen molar-refractivity contribution in [3.63, 3.8) is 0 Å². The third-order valence-electron chi connectivity index (χ3n) is 5.03. The molecule has 0 bridgehead atoms. The van der Waals surface area contributed by atoms with E-state index in [0.29, 0.717) is 11.1 Å². The summed E-state index contributed by atoms with van der Waals surface area (Å²) in [5, 5.41) is 24.7. The molecule has 186 valence electrons. The van der Waals surface area contributed by atoms with Gasteiger partial charge in [-0.05, 0) is 63.4 Å². The number of carbonyl (C=O) groups excluding carboxylic acids is 3. The molecule has 9 heteroatoms. The number of alkyl carbamates (subject to hydrolysis) is 1. The topological polar surface area (TPSA) is 132 Å². The molecule has 9 nitrogen and oxygen atoms in total. The Morgan fingerprint density at radius 1 is 1.14 bits per heavy atom. The highest BCUT2D eigenvalue weighted by molar-refractivity contribution is 5.92. The summed E-state index contributed by atoms with van der Waals surface area (Å²) in [6, 6.07) is 13.5. The number of aryl methyl sites for hydroxylation is 1. The molecule has 2 unspecified atom stereocenters. The van der Waals surface area contributed by atoms with Crippen LogP contribution in [0.2, 0.25) is 0 Å². The molecule has 0 aliphatic heterocycles. The highest BCUT2D eigenvalue weighted by atomic mass is 16.6. The number of nitriles is 1. The summed E-state index contributed by atoms with van der Waals surface area (Å²) in [6.45, 7) is 8.03. The first-order chi connectivity index (χ1) is 16.4. The Hall–Kier alpha value is -4.06. The maximum absolute atomic E-state index is 13.4. The standard InChI is InChI=1S/C26H32N4O5/c1-17-15-20(11-12-21(17)31)22(23(32)28-16-19-9-7-6-8-10-19)30(14-13-27)24(33)18(2)29-25(34)35-26(3,4)5/h6-12,15,18,22,31H,14,16H2,1-5H3,(H,28,32)(H,29,34). The predicted octanol–water partition coefficient (Wildman–Crippen LogP) is 3.32. The predicted molar refractivity (Wildman–Crippen MR) is 130 cm³/mol. The SMILES string of the molecule is Cc1cc(C(C(=O)NCc2ccccc2)N(CC#N)C(=O)C(C)NC(=O)OC(C)(C)C)ccc1O. The molecule has 35 heavy (non-hydrogen) atoms. The zero-order valence-corrected chi connectivity index (χ0v) is 20.7. The first-order valence-electron chi connectivity index (χ1n) is 11.2. The van der Waals surface area contributed by atoms with Gasteiger partial charge in [0.1, 0.15) is 30.0 Å². The third-order valence-corrected chi connectivity index (χ3v) is 5.03. The van der Waals surface area contributed by atoms with Crippen LogP contribution in [-0.2, 0) is 20.9 Å². The molecule has 0 saturated heterocycles. The lowest BCUT2D eigenvalue weighted by molar-refractivity contribution is -0.141. The van der Waals surface area contributed by atoms with Crippen molar-refractivity contribution in [2.24, 2.45) is 0 Å². The number of nitrogens with one attached hydrogen (secondary N) is 2. The normalized spacial score (nSPS) is 12.6. The largest absolute Gasteiger partial charge is 0.508 e. The van der Waals surface area contributed by atoms with Gasteiger partial charge in [-0.2, -0.15) is 5.26 Å². The number of aromatic hydroxyl groups is 1. The Kier molecular flexibility index (Phi) is 9.23. The molecule has 2 aromatic carbocycles. The van der Waals surface area contributed by atoms with E-state index in [0.717, 1.165) is 10.5 Å². The fourth-order valence-corrected chi connectivity index (χ4v) is 3.37. The molecule has 3 amide bonds. The van der Waals surface area contributed by atoms with Gasteiger partial charge in [-0.1, -0.05) is 36.4 Å². The Morgan fingerprint density at radius 2 is 1.80 bits per heavy atom. The number of hydrogen-bond donors (Lipinski definition) is 3. The number of phenols is 1. The van der Waals surface area contributed by atoms with Gasteiger partial charge < -0.3 is 25.4 Å². The van der Waals surface area contributed by atoms with E-state index < -0.39 is 42.1 Å². The Bertz CT molecular complexity index is 1090. The molecule has 0 saturated carbocycles. The molecule has 0 heterocycles. The maximum Gasteiger partial charge on any atom is 0.408 e. The van der Waals surface area contributed by atoms with Gasteiger partial charge in [-0.3, -0.25) is 9.59 Å². The zero-order chi connectivity index (χ0) is 26.2. The van der Waals surface area contributed by atoms with Gasteiger partial charge in [0, 0.05) is 6.54 Å². The van der Waals surface area contributed by atoms with Gasteiger partial charge >= 0.3 is 6.09 Å². The summed E-state index contributed by atoms with van der Waals surface area (Å²) in [7, 11) is 0. The second-order valence-electron chi connectivity index (χ2n) is 9.14. The van der Waals surface area contributed by atoms with Crippen molar-refractivity contribution in [2.75, 3.05) is 6.54 Å². The van der Waals surface area contributed by atoms with E-state index in [1.807, 2.05) is 36.4 Å². The van der Waals surface area contributed by atoms with Crippen LogP contribution in [0.4, 0.5) is 4.79 Å². The van der Waals surface area contributed by atoms with Gasteiger partial charge in [0.05, 0.1) is 6.07 Å². The minimum Gasteiger partial charge on any atom is -0.508 e. The molecular weight excluding hydrogens is 448 g/mol. The fourth-order valence-electron chi connectivity index (χ4n) is 3.37. The monoisotopic (exact) mass is 480 g/mol. The van der Waals surface area contributed by atoms with Gasteiger partial charge in [0.2, 0.25) is 11.8 Å². The van der Waals surface area contributed by atoms with Gasteiger partial charge in [-0.15, -0.1) is 0 Å². The van der Waals surface area contributed by atoms with Crippen molar-refractivity contribution in [3.05, 3.63) is 65.2 Å². The van der Waals surface area contributed by atoms with E-state index in [2.05, 4.69) is 10.6 Å². The number of amides is 3. The number of hydrogen-bond acceptors (Lipinski definition) is 6. The summed E-state index contributed by atoms with van der Waals surface area (Å²) in [5.74, 6) is -1.11. The quantitative estimate of drug-likeness (QED) is 0.497. The smallest absolute Gasteiger partial charge is 0.408 e. The summed E-state index contributed by atoms with van der Waals surface area (Å²) in [5.41, 5.74) is 1.02. The van der Waals surface area contributed by atoms with Crippen LogP contribution in [-0.4, -0.2) is 46.1 Å². The minimum atomic E-state index is -1.17. The van der Waals surface area contributed by atoms with Crippen LogP contribution in [0.15, 0.2) is 48.5 Å². The van der Waals surface area contributed by atoms with Gasteiger partial charge in [0.15, 0.2) is 0 Å². The van der Waals surface area contributed by atoms with E-state index in [1.54, 1.807) is 33.8 Å². The van der Waals surface area contributed by atoms with E-state index in [9.17, 15) is 24.8 Å². The third kappa shape index (κ3) is 8.03. The lowest BCUT2D eigenvalue weighted by Crippen LogP contribution is -2.52. The number of nitrogens with zero attached hydrogens (tertiary/aromatic N) is 2. The van der Waals surface area contributed by atoms with E-state index >= 15 is 0 Å². The summed E-state index contributed by atoms with van der Waals surface area (Å²) < 4.78 is 5.21. The van der Waals surface area contributed by atoms with Crippen molar-refractivity contribution in [1.29, 1.82) is 5.26 Å². The average Bonchev–Trinajstić information content (AvgIpc) is 2.78. The number of benzene rings is 2. The number of ether oxygens (including phenoxy) is 1. The molecule has 0 fully saturated rings. The van der Waals surface area contributed by atoms with E-state index in [1.165, 1.54) is 19.1 Å². The van der Waals surface area contributed by atoms with E-state index in [4.69, 9.17) is 4.74 Å². The van der Waals surface area contributed by atoms with Crippen molar-refractivity contribution in [3.8, 4) is 11.8 Å². The van der Waals surface area contributed by atoms with Crippen LogP contribution in [0.5, 0.6) is 5.75 Å². The average molecular weight is 481 g/mol. The number of phenolic OH excluding ortho intramolecular Hbond substituents is 1. The maximum atomic E-state index is 13.4. The molecule has 2 atom stereocenters. The number of carbonyl (C=O) groups is 3. The Balaban J connectivity index is 2.36. The van der Waals surface area contributed by atoms with Gasteiger partial charge in [-0.25, -0.2) is 4.79 Å². The molecule has 2 rings (SSSR count). The molecule has 0 aliphatic carbocycles. The van der Waals surface area contributed by atoms with E-state index in [-0.39, 0.29) is 12.3 Å². The summed E-state index contributed by atoms with van der Waals surface area (Å²) >= 11 is 0. The second-order valence-corrected chi connectivity index (χ2v) is 9.14. The minimum absolute atomic E-state index is 0.0373. The molecule has 0 radical (unpaired) electrons. The first kappa shape index (κ1) is 27.2. The zero-order valence-electron chi connectivity index (χ0n) is 20.7. The first-order valence-corrected chi connectivity index (χ1v) is 11.2. The molecule has 0 aliphatic rings. The molecule has 0 aromatic heterocycles. The number of rotatable bonds is 8. The highest BCUT2D eigenvalue weighted by Gasteiger charge is 2.34. The van der Waals surface area contributed by atoms with Crippen molar-refractivity contribution >= 4 is 17.9 Å². The van der Waals surface area contributed by atoms with Crippen LogP contribution in [0, 0.1) is 18.3 Å². The van der Waals surface area contributed by atoms with Crippen LogP contribution in [0.1, 0.15) is 50.4 Å².